The van der Waals surface area contributed by atoms with Gasteiger partial charge < -0.3 is 4.43 Å². The predicted octanol–water partition coefficient (Wildman–Crippen LogP) is 7.08. The molecule has 0 amide bonds. The van der Waals surface area contributed by atoms with Crippen LogP contribution < -0.4 is 0 Å². The Bertz CT molecular complexity index is 118. The van der Waals surface area contributed by atoms with Gasteiger partial charge in [0.1, 0.15) is 0 Å². The van der Waals surface area contributed by atoms with Gasteiger partial charge in [-0.05, 0) is 26.9 Å². The van der Waals surface area contributed by atoms with E-state index >= 15 is 0 Å². The maximum Gasteiger partial charge on any atom is 0.213 e. The zero-order valence-corrected chi connectivity index (χ0v) is 16.0. The fourth-order valence-electron chi connectivity index (χ4n) is 0.509. The smallest absolute Gasteiger partial charge is 0.213 e. The van der Waals surface area contributed by atoms with Gasteiger partial charge in [0.05, 0.1) is 0 Å². The lowest BCUT2D eigenvalue weighted by Crippen LogP contribution is -2.30. The van der Waals surface area contributed by atoms with Crippen molar-refractivity contribution in [3.05, 3.63) is 11.3 Å². The molecule has 18 heavy (non-hydrogen) atoms. The van der Waals surface area contributed by atoms with Crippen LogP contribution in [0.2, 0.25) is 13.1 Å². The Morgan fingerprint density at radius 3 is 1.11 bits per heavy atom. The summed E-state index contributed by atoms with van der Waals surface area (Å²) in [6, 6.07) is 0. The highest BCUT2D eigenvalue weighted by molar-refractivity contribution is 6.78. The molecule has 0 aromatic rings. The van der Waals surface area contributed by atoms with E-state index in [1.165, 1.54) is 5.20 Å². The van der Waals surface area contributed by atoms with Crippen molar-refractivity contribution in [1.29, 1.82) is 0 Å². The molecule has 0 aliphatic rings. The van der Waals surface area contributed by atoms with Crippen molar-refractivity contribution in [2.24, 2.45) is 0 Å². The van der Waals surface area contributed by atoms with Gasteiger partial charge in [-0.15, -0.1) is 0 Å². The summed E-state index contributed by atoms with van der Waals surface area (Å²) in [7, 11) is 0.371. The van der Waals surface area contributed by atoms with Crippen LogP contribution >= 0.6 is 0 Å². The Morgan fingerprint density at radius 1 is 0.833 bits per heavy atom. The van der Waals surface area contributed by atoms with Gasteiger partial charge in [-0.3, -0.25) is 0 Å². The van der Waals surface area contributed by atoms with E-state index in [9.17, 15) is 0 Å². The zero-order valence-electron chi connectivity index (χ0n) is 15.0. The quantitative estimate of drug-likeness (QED) is 0.491. The lowest BCUT2D eigenvalue weighted by atomic mass is 10.6. The first-order valence-electron chi connectivity index (χ1n) is 7.23. The summed E-state index contributed by atoms with van der Waals surface area (Å²) in [5.74, 6) is 0. The predicted molar refractivity (Wildman–Crippen MR) is 96.0 cm³/mol. The van der Waals surface area contributed by atoms with E-state index in [1.54, 1.807) is 7.11 Å². The van der Waals surface area contributed by atoms with Crippen LogP contribution in [0.5, 0.6) is 0 Å². The van der Waals surface area contributed by atoms with Crippen molar-refractivity contribution in [3.8, 4) is 0 Å². The molecule has 0 radical (unpaired) electrons. The molecule has 0 saturated heterocycles. The van der Waals surface area contributed by atoms with E-state index in [-0.39, 0.29) is 7.43 Å². The molecule has 0 rings (SSSR count). The van der Waals surface area contributed by atoms with Crippen molar-refractivity contribution >= 4 is 8.32 Å². The minimum atomic E-state index is -1.42. The standard InChI is InChI=1S/C7H16OSi.4C2H6.CH4/c1-6-7(2)9(4,5)8-3;4*1-2;/h6H,1-5H3;4*1-2H3;1H4/b7-6+;;;;;. The monoisotopic (exact) mass is 280 g/mol. The SMILES string of the molecule is C.C/C=C(\C)[Si](C)(C)OC.CC.CC.CC.CC. The third-order valence-corrected chi connectivity index (χ3v) is 5.10. The molecule has 0 atom stereocenters. The molecule has 0 aliphatic carbocycles. The van der Waals surface area contributed by atoms with E-state index < -0.39 is 8.32 Å². The molecule has 2 heteroatoms. The summed E-state index contributed by atoms with van der Waals surface area (Å²) < 4.78 is 5.36. The van der Waals surface area contributed by atoms with Gasteiger partial charge in [0, 0.05) is 7.11 Å². The average molecular weight is 281 g/mol. The van der Waals surface area contributed by atoms with Gasteiger partial charge in [-0.1, -0.05) is 74.1 Å². The first kappa shape index (κ1) is 36.1. The summed E-state index contributed by atoms with van der Waals surface area (Å²) in [5.41, 5.74) is 0. The summed E-state index contributed by atoms with van der Waals surface area (Å²) in [6.07, 6.45) is 2.13. The minimum absolute atomic E-state index is 0. The second kappa shape index (κ2) is 36.0. The minimum Gasteiger partial charge on any atom is -0.416 e. The summed E-state index contributed by atoms with van der Waals surface area (Å²) in [5, 5.41) is 1.41. The van der Waals surface area contributed by atoms with Crippen LogP contribution in [0.25, 0.3) is 0 Å². The number of allylic oxidation sites excluding steroid dienone is 2. The molecule has 1 nitrogen and oxygen atoms in total. The van der Waals surface area contributed by atoms with E-state index in [0.29, 0.717) is 0 Å². The van der Waals surface area contributed by atoms with E-state index in [0.717, 1.165) is 0 Å². The molecule has 0 unspecified atom stereocenters. The second-order valence-corrected chi connectivity index (χ2v) is 6.90. The molecule has 0 saturated carbocycles. The first-order chi connectivity index (χ1) is 8.04. The van der Waals surface area contributed by atoms with Crippen LogP contribution in [-0.2, 0) is 4.43 Å². The number of hydrogen-bond acceptors (Lipinski definition) is 1. The topological polar surface area (TPSA) is 9.23 Å². The van der Waals surface area contributed by atoms with Crippen molar-refractivity contribution in [2.75, 3.05) is 7.11 Å². The molecular formula is C16H44OSi. The lowest BCUT2D eigenvalue weighted by Gasteiger charge is -2.20. The van der Waals surface area contributed by atoms with Crippen molar-refractivity contribution in [2.45, 2.75) is 89.8 Å². The Balaban J connectivity index is -0.0000000342. The number of hydrogen-bond donors (Lipinski definition) is 0. The van der Waals surface area contributed by atoms with Crippen LogP contribution in [0.1, 0.15) is 76.7 Å². The highest BCUT2D eigenvalue weighted by Crippen LogP contribution is 2.13. The molecule has 0 heterocycles. The molecule has 0 fully saturated rings. The molecule has 0 aromatic carbocycles. The lowest BCUT2D eigenvalue weighted by molar-refractivity contribution is 0.412. The average Bonchev–Trinajstić information content (AvgIpc) is 2.46. The van der Waals surface area contributed by atoms with Crippen LogP contribution in [0, 0.1) is 0 Å². The van der Waals surface area contributed by atoms with Gasteiger partial charge in [0.15, 0.2) is 0 Å². The highest BCUT2D eigenvalue weighted by Gasteiger charge is 2.21. The van der Waals surface area contributed by atoms with E-state index in [2.05, 4.69) is 33.0 Å². The second-order valence-electron chi connectivity index (χ2n) is 2.69. The zero-order chi connectivity index (χ0) is 15.5. The first-order valence-corrected chi connectivity index (χ1v) is 10.1. The summed E-state index contributed by atoms with van der Waals surface area (Å²) in [6.45, 7) is 24.6. The Kier molecular flexibility index (Phi) is 72.1. The normalized spacial score (nSPS) is 8.39. The molecule has 0 aromatic heterocycles. The molecule has 118 valence electrons. The summed E-state index contributed by atoms with van der Waals surface area (Å²) >= 11 is 0. The molecule has 0 N–H and O–H groups in total. The van der Waals surface area contributed by atoms with Crippen LogP contribution in [-0.4, -0.2) is 15.4 Å². The van der Waals surface area contributed by atoms with Crippen LogP contribution in [0.3, 0.4) is 0 Å². The van der Waals surface area contributed by atoms with Gasteiger partial charge in [-0.2, -0.15) is 0 Å². The Hall–Kier alpha value is -0.0831. The van der Waals surface area contributed by atoms with Gasteiger partial charge in [-0.25, -0.2) is 0 Å². The van der Waals surface area contributed by atoms with Crippen molar-refractivity contribution < 1.29 is 4.43 Å². The van der Waals surface area contributed by atoms with Crippen LogP contribution in [0.4, 0.5) is 0 Å². The Morgan fingerprint density at radius 2 is 1.06 bits per heavy atom. The third kappa shape index (κ3) is 29.7. The van der Waals surface area contributed by atoms with Crippen molar-refractivity contribution in [3.63, 3.8) is 0 Å². The highest BCUT2D eigenvalue weighted by atomic mass is 28.4. The fourth-order valence-corrected chi connectivity index (χ4v) is 1.53. The van der Waals surface area contributed by atoms with Crippen molar-refractivity contribution in [1.82, 2.24) is 0 Å². The maximum atomic E-state index is 5.36. The maximum absolute atomic E-state index is 5.36. The summed E-state index contributed by atoms with van der Waals surface area (Å²) in [4.78, 5) is 0. The third-order valence-electron chi connectivity index (χ3n) is 1.89. The van der Waals surface area contributed by atoms with Gasteiger partial charge in [0.2, 0.25) is 8.32 Å². The van der Waals surface area contributed by atoms with Crippen LogP contribution in [0.15, 0.2) is 11.3 Å². The van der Waals surface area contributed by atoms with Gasteiger partial charge >= 0.3 is 0 Å². The van der Waals surface area contributed by atoms with Gasteiger partial charge in [0.25, 0.3) is 0 Å². The molecule has 0 spiro atoms. The van der Waals surface area contributed by atoms with E-state index in [1.807, 2.05) is 55.4 Å². The fraction of sp³-hybridized carbons (Fsp3) is 0.875. The molecular weight excluding hydrogens is 236 g/mol. The number of rotatable bonds is 2. The molecule has 0 aliphatic heterocycles. The Labute approximate surface area is 121 Å². The van der Waals surface area contributed by atoms with E-state index in [4.69, 9.17) is 4.43 Å². The largest absolute Gasteiger partial charge is 0.416 e. The molecule has 0 bridgehead atoms.